The summed E-state index contributed by atoms with van der Waals surface area (Å²) >= 11 is 0. The third-order valence-electron chi connectivity index (χ3n) is 10.7. The van der Waals surface area contributed by atoms with Crippen LogP contribution in [0.25, 0.3) is 0 Å². The van der Waals surface area contributed by atoms with Crippen molar-refractivity contribution in [3.8, 4) is 6.07 Å². The maximum Gasteiger partial charge on any atom is 0.246 e. The average Bonchev–Trinajstić information content (AvgIpc) is 3.39. The summed E-state index contributed by atoms with van der Waals surface area (Å²) in [5.74, 6) is 0.164. The predicted molar refractivity (Wildman–Crippen MR) is 155 cm³/mol. The lowest BCUT2D eigenvalue weighted by atomic mass is 9.59. The first-order chi connectivity index (χ1) is 19.9. The first-order valence-corrected chi connectivity index (χ1v) is 15.5. The van der Waals surface area contributed by atoms with Crippen molar-refractivity contribution >= 4 is 5.91 Å². The summed E-state index contributed by atoms with van der Waals surface area (Å²) < 4.78 is 20.4. The van der Waals surface area contributed by atoms with Crippen molar-refractivity contribution in [1.29, 1.82) is 5.26 Å². The molecular formula is C32H45FN6O2. The molecule has 3 aliphatic heterocycles. The van der Waals surface area contributed by atoms with Gasteiger partial charge in [-0.2, -0.15) is 5.26 Å². The summed E-state index contributed by atoms with van der Waals surface area (Å²) in [4.78, 5) is 19.2. The van der Waals surface area contributed by atoms with E-state index in [9.17, 15) is 14.4 Å². The Kier molecular flexibility index (Phi) is 8.49. The number of ether oxygens (including phenoxy) is 1. The summed E-state index contributed by atoms with van der Waals surface area (Å²) in [5.41, 5.74) is 2.70. The number of carbonyl (C=O) groups is 1. The summed E-state index contributed by atoms with van der Waals surface area (Å²) in [7, 11) is 2.18. The molecule has 8 nitrogen and oxygen atoms in total. The largest absolute Gasteiger partial charge is 0.348 e. The SMILES string of the molecule is C=CC(=O)N1CCN(C2NC(OCC3CCCN3C)NC3C[C@@]4(CCc5cc(F)ccc5C4)CCC32)CC1CC#N. The fourth-order valence-corrected chi connectivity index (χ4v) is 8.44. The van der Waals surface area contributed by atoms with Gasteiger partial charge in [0.2, 0.25) is 5.91 Å². The highest BCUT2D eigenvalue weighted by Gasteiger charge is 2.50. The minimum Gasteiger partial charge on any atom is -0.348 e. The highest BCUT2D eigenvalue weighted by Crippen LogP contribution is 2.49. The lowest BCUT2D eigenvalue weighted by Gasteiger charge is -2.56. The van der Waals surface area contributed by atoms with E-state index in [1.54, 1.807) is 12.1 Å². The van der Waals surface area contributed by atoms with Gasteiger partial charge in [-0.3, -0.25) is 20.3 Å². The molecule has 0 bridgehead atoms. The first kappa shape index (κ1) is 28.8. The number of nitrogens with one attached hydrogen (secondary N) is 2. The molecule has 2 aliphatic carbocycles. The van der Waals surface area contributed by atoms with Crippen LogP contribution in [0.2, 0.25) is 0 Å². The van der Waals surface area contributed by atoms with Gasteiger partial charge >= 0.3 is 0 Å². The van der Waals surface area contributed by atoms with Gasteiger partial charge in [-0.05, 0) is 99.7 Å². The highest BCUT2D eigenvalue weighted by atomic mass is 19.1. The molecule has 9 heteroatoms. The number of piperazine rings is 1. The van der Waals surface area contributed by atoms with Crippen molar-refractivity contribution < 1.29 is 13.9 Å². The van der Waals surface area contributed by atoms with Gasteiger partial charge in [0.15, 0.2) is 6.35 Å². The number of likely N-dealkylation sites (tertiary alicyclic amines) is 1. The van der Waals surface area contributed by atoms with Crippen LogP contribution in [-0.2, 0) is 22.4 Å². The highest BCUT2D eigenvalue weighted by molar-refractivity contribution is 5.87. The van der Waals surface area contributed by atoms with E-state index < -0.39 is 0 Å². The minimum absolute atomic E-state index is 0.0972. The lowest BCUT2D eigenvalue weighted by molar-refractivity contribution is -0.137. The molecule has 5 aliphatic rings. The van der Waals surface area contributed by atoms with E-state index >= 15 is 0 Å². The van der Waals surface area contributed by atoms with Gasteiger partial charge in [0, 0.05) is 37.6 Å². The average molecular weight is 565 g/mol. The smallest absolute Gasteiger partial charge is 0.246 e. The van der Waals surface area contributed by atoms with Gasteiger partial charge < -0.3 is 14.5 Å². The molecule has 1 aromatic rings. The molecule has 4 fully saturated rings. The van der Waals surface area contributed by atoms with Crippen LogP contribution < -0.4 is 10.6 Å². The fraction of sp³-hybridized carbons (Fsp3) is 0.688. The standard InChI is InChI=1S/C32H45FN6O2/c1-3-29(40)39-16-15-38(20-25(39)10-13-34)30-27-9-12-32(11-8-22-17-24(33)7-6-23(22)18-32)19-28(27)35-31(36-30)41-21-26-5-4-14-37(26)2/h3,6-7,17,25-28,30-31,35-36H,1,4-5,8-12,14-16,18-21H2,2H3/t25?,26?,27?,28?,30?,31?,32-/m0/s1. The second-order valence-electron chi connectivity index (χ2n) is 13.1. The van der Waals surface area contributed by atoms with E-state index in [2.05, 4.69) is 40.1 Å². The predicted octanol–water partition coefficient (Wildman–Crippen LogP) is 3.00. The fourth-order valence-electron chi connectivity index (χ4n) is 8.44. The molecular weight excluding hydrogens is 519 g/mol. The van der Waals surface area contributed by atoms with Crippen LogP contribution in [0.4, 0.5) is 4.39 Å². The zero-order valence-corrected chi connectivity index (χ0v) is 24.4. The molecule has 41 heavy (non-hydrogen) atoms. The number of nitriles is 1. The Hall–Kier alpha value is -2.35. The molecule has 3 saturated heterocycles. The number of halogens is 1. The molecule has 222 valence electrons. The second-order valence-corrected chi connectivity index (χ2v) is 13.1. The number of hydrogen-bond donors (Lipinski definition) is 2. The first-order valence-electron chi connectivity index (χ1n) is 15.5. The maximum absolute atomic E-state index is 13.9. The van der Waals surface area contributed by atoms with E-state index in [1.807, 2.05) is 11.0 Å². The van der Waals surface area contributed by atoms with Crippen molar-refractivity contribution in [2.75, 3.05) is 39.8 Å². The molecule has 0 radical (unpaired) electrons. The number of fused-ring (bicyclic) bond motifs is 2. The van der Waals surface area contributed by atoms with Crippen LogP contribution in [0.5, 0.6) is 0 Å². The van der Waals surface area contributed by atoms with E-state index in [0.717, 1.165) is 58.0 Å². The van der Waals surface area contributed by atoms with Crippen LogP contribution in [0.3, 0.4) is 0 Å². The molecule has 1 spiro atoms. The van der Waals surface area contributed by atoms with Crippen LogP contribution in [0.1, 0.15) is 56.1 Å². The molecule has 2 N–H and O–H groups in total. The Labute approximate surface area is 243 Å². The Morgan fingerprint density at radius 1 is 1.22 bits per heavy atom. The van der Waals surface area contributed by atoms with Crippen molar-refractivity contribution in [2.24, 2.45) is 11.3 Å². The van der Waals surface area contributed by atoms with Gasteiger partial charge in [-0.15, -0.1) is 0 Å². The van der Waals surface area contributed by atoms with Crippen LogP contribution in [-0.4, -0.2) is 91.1 Å². The zero-order valence-electron chi connectivity index (χ0n) is 24.4. The number of amides is 1. The number of benzene rings is 1. The van der Waals surface area contributed by atoms with E-state index in [4.69, 9.17) is 4.74 Å². The number of hydrogen-bond acceptors (Lipinski definition) is 7. The molecule has 7 atom stereocenters. The third-order valence-corrected chi connectivity index (χ3v) is 10.7. The van der Waals surface area contributed by atoms with Crippen LogP contribution in [0.15, 0.2) is 30.9 Å². The molecule has 3 heterocycles. The van der Waals surface area contributed by atoms with Crippen molar-refractivity contribution in [3.05, 3.63) is 47.8 Å². The van der Waals surface area contributed by atoms with Crippen molar-refractivity contribution in [3.63, 3.8) is 0 Å². The van der Waals surface area contributed by atoms with E-state index in [1.165, 1.54) is 23.6 Å². The Morgan fingerprint density at radius 3 is 2.88 bits per heavy atom. The molecule has 1 amide bonds. The topological polar surface area (TPSA) is 83.9 Å². The molecule has 1 saturated carbocycles. The van der Waals surface area contributed by atoms with Crippen LogP contribution in [0, 0.1) is 28.5 Å². The number of likely N-dealkylation sites (N-methyl/N-ethyl adjacent to an activating group) is 1. The second kappa shape index (κ2) is 12.1. The lowest BCUT2D eigenvalue weighted by Crippen LogP contribution is -2.72. The van der Waals surface area contributed by atoms with E-state index in [-0.39, 0.29) is 35.7 Å². The quantitative estimate of drug-likeness (QED) is 0.514. The molecule has 6 unspecified atom stereocenters. The van der Waals surface area contributed by atoms with Gasteiger partial charge in [-0.1, -0.05) is 12.6 Å². The molecule has 0 aromatic heterocycles. The Balaban J connectivity index is 1.20. The molecule has 1 aromatic carbocycles. The number of nitrogens with zero attached hydrogens (tertiary/aromatic N) is 4. The van der Waals surface area contributed by atoms with Gasteiger partial charge in [0.05, 0.1) is 31.3 Å². The number of rotatable bonds is 6. The Morgan fingerprint density at radius 2 is 2.10 bits per heavy atom. The summed E-state index contributed by atoms with van der Waals surface area (Å²) in [5, 5.41) is 17.2. The molecule has 6 rings (SSSR count). The Bertz CT molecular complexity index is 1170. The van der Waals surface area contributed by atoms with Crippen molar-refractivity contribution in [2.45, 2.75) is 88.4 Å². The maximum atomic E-state index is 13.9. The number of aryl methyl sites for hydroxylation is 1. The monoisotopic (exact) mass is 564 g/mol. The summed E-state index contributed by atoms with van der Waals surface area (Å²) in [6.45, 7) is 7.49. The number of carbonyl (C=O) groups excluding carboxylic acids is 1. The van der Waals surface area contributed by atoms with E-state index in [0.29, 0.717) is 44.1 Å². The summed E-state index contributed by atoms with van der Waals surface area (Å²) in [6, 6.07) is 8.23. The van der Waals surface area contributed by atoms with Crippen LogP contribution >= 0.6 is 0 Å². The zero-order chi connectivity index (χ0) is 28.6. The normalized spacial score (nSPS) is 36.0. The minimum atomic E-state index is -0.252. The van der Waals surface area contributed by atoms with Crippen molar-refractivity contribution in [1.82, 2.24) is 25.3 Å². The third kappa shape index (κ3) is 5.95. The summed E-state index contributed by atoms with van der Waals surface area (Å²) in [6.07, 6.45) is 10.3. The van der Waals surface area contributed by atoms with Gasteiger partial charge in [0.1, 0.15) is 5.82 Å². The van der Waals surface area contributed by atoms with Gasteiger partial charge in [0.25, 0.3) is 0 Å². The van der Waals surface area contributed by atoms with Gasteiger partial charge in [-0.25, -0.2) is 4.39 Å².